The molecule has 2 heterocycles. The van der Waals surface area contributed by atoms with Gasteiger partial charge in [0.1, 0.15) is 11.6 Å². The van der Waals surface area contributed by atoms with Crippen LogP contribution in [-0.2, 0) is 6.54 Å². The first-order chi connectivity index (χ1) is 17.1. The number of carbonyl (C=O) groups excluding carboxylic acids is 1. The molecule has 5 nitrogen and oxygen atoms in total. The average Bonchev–Trinajstić information content (AvgIpc) is 3.16. The lowest BCUT2D eigenvalue weighted by molar-refractivity contribution is 0.179. The van der Waals surface area contributed by atoms with E-state index in [1.54, 1.807) is 43.5 Å². The maximum absolute atomic E-state index is 15.0. The SMILES string of the molecule is COc1ccc(CNC(=O)N2C3C=C(c4ccc(-c5ccc(C#N)cc5)c(F)c4)CC2CC3)cc1. The van der Waals surface area contributed by atoms with E-state index in [1.165, 1.54) is 0 Å². The smallest absolute Gasteiger partial charge is 0.318 e. The number of methoxy groups -OCH3 is 1. The molecule has 176 valence electrons. The highest BCUT2D eigenvalue weighted by Gasteiger charge is 2.39. The highest BCUT2D eigenvalue weighted by atomic mass is 19.1. The second kappa shape index (κ2) is 9.63. The van der Waals surface area contributed by atoms with E-state index in [0.29, 0.717) is 24.1 Å². The molecule has 2 aliphatic heterocycles. The van der Waals surface area contributed by atoms with Crippen molar-refractivity contribution in [2.24, 2.45) is 0 Å². The van der Waals surface area contributed by atoms with Crippen LogP contribution in [0, 0.1) is 17.1 Å². The molecule has 3 aromatic carbocycles. The first-order valence-electron chi connectivity index (χ1n) is 11.8. The van der Waals surface area contributed by atoms with Gasteiger partial charge in [-0.25, -0.2) is 9.18 Å². The van der Waals surface area contributed by atoms with E-state index in [1.807, 2.05) is 35.2 Å². The zero-order valence-corrected chi connectivity index (χ0v) is 19.5. The minimum absolute atomic E-state index is 0.0147. The monoisotopic (exact) mass is 467 g/mol. The fourth-order valence-electron chi connectivity index (χ4n) is 5.05. The predicted molar refractivity (Wildman–Crippen MR) is 133 cm³/mol. The van der Waals surface area contributed by atoms with Gasteiger partial charge in [-0.15, -0.1) is 0 Å². The number of rotatable bonds is 5. The molecule has 2 unspecified atom stereocenters. The molecule has 2 aliphatic rings. The highest BCUT2D eigenvalue weighted by Crippen LogP contribution is 2.39. The number of amides is 2. The fraction of sp³-hybridized carbons (Fsp3) is 0.241. The van der Waals surface area contributed by atoms with Crippen LogP contribution in [0.4, 0.5) is 9.18 Å². The molecule has 1 N–H and O–H groups in total. The summed E-state index contributed by atoms with van der Waals surface area (Å²) in [7, 11) is 1.63. The molecule has 35 heavy (non-hydrogen) atoms. The summed E-state index contributed by atoms with van der Waals surface area (Å²) in [6.07, 6.45) is 4.68. The number of nitriles is 1. The van der Waals surface area contributed by atoms with Crippen LogP contribution in [0.1, 0.15) is 36.0 Å². The zero-order chi connectivity index (χ0) is 24.4. The van der Waals surface area contributed by atoms with Gasteiger partial charge in [0.15, 0.2) is 0 Å². The van der Waals surface area contributed by atoms with Gasteiger partial charge in [-0.1, -0.05) is 42.5 Å². The Morgan fingerprint density at radius 3 is 2.49 bits per heavy atom. The van der Waals surface area contributed by atoms with Crippen LogP contribution in [-0.4, -0.2) is 30.1 Å². The van der Waals surface area contributed by atoms with E-state index in [4.69, 9.17) is 10.00 Å². The summed E-state index contributed by atoms with van der Waals surface area (Å²) in [6.45, 7) is 0.456. The molecular formula is C29H26FN3O2. The Morgan fingerprint density at radius 1 is 1.09 bits per heavy atom. The minimum atomic E-state index is -0.292. The third-order valence-electron chi connectivity index (χ3n) is 6.90. The van der Waals surface area contributed by atoms with Crippen LogP contribution in [0.3, 0.4) is 0 Å². The van der Waals surface area contributed by atoms with Gasteiger partial charge in [-0.2, -0.15) is 5.26 Å². The molecule has 0 radical (unpaired) electrons. The van der Waals surface area contributed by atoms with E-state index in [0.717, 1.165) is 40.9 Å². The lowest BCUT2D eigenvalue weighted by Gasteiger charge is -2.34. The van der Waals surface area contributed by atoms with Gasteiger partial charge in [-0.05, 0) is 71.9 Å². The van der Waals surface area contributed by atoms with Crippen molar-refractivity contribution < 1.29 is 13.9 Å². The van der Waals surface area contributed by atoms with E-state index >= 15 is 4.39 Å². The topological polar surface area (TPSA) is 65.4 Å². The Morgan fingerprint density at radius 2 is 1.83 bits per heavy atom. The number of hydrogen-bond donors (Lipinski definition) is 1. The molecule has 3 aromatic rings. The third kappa shape index (κ3) is 4.63. The molecular weight excluding hydrogens is 441 g/mol. The van der Waals surface area contributed by atoms with Crippen molar-refractivity contribution in [3.63, 3.8) is 0 Å². The molecule has 1 fully saturated rings. The first kappa shape index (κ1) is 22.7. The number of nitrogens with zero attached hydrogens (tertiary/aromatic N) is 2. The Kier molecular flexibility index (Phi) is 6.24. The maximum Gasteiger partial charge on any atom is 0.318 e. The standard InChI is InChI=1S/C29H26FN3O2/c1-35-26-11-4-20(5-12-26)18-32-29(34)33-24-9-10-25(33)15-23(14-24)22-8-13-27(28(30)16-22)21-6-2-19(17-31)3-7-21/h2-8,11-14,16,24-25H,9-10,15,18H2,1H3,(H,32,34). The van der Waals surface area contributed by atoms with Crippen LogP contribution in [0.2, 0.25) is 0 Å². The van der Waals surface area contributed by atoms with Gasteiger partial charge in [-0.3, -0.25) is 0 Å². The summed E-state index contributed by atoms with van der Waals surface area (Å²) >= 11 is 0. The van der Waals surface area contributed by atoms with Crippen molar-refractivity contribution in [3.05, 3.63) is 95.3 Å². The average molecular weight is 468 g/mol. The third-order valence-corrected chi connectivity index (χ3v) is 6.90. The van der Waals surface area contributed by atoms with Gasteiger partial charge in [0.2, 0.25) is 0 Å². The summed E-state index contributed by atoms with van der Waals surface area (Å²) in [5.74, 6) is 0.494. The summed E-state index contributed by atoms with van der Waals surface area (Å²) in [5.41, 5.74) is 4.75. The number of benzene rings is 3. The summed E-state index contributed by atoms with van der Waals surface area (Å²) in [6, 6.07) is 22.0. The van der Waals surface area contributed by atoms with Crippen LogP contribution in [0.15, 0.2) is 72.8 Å². The summed E-state index contributed by atoms with van der Waals surface area (Å²) in [4.78, 5) is 14.9. The van der Waals surface area contributed by atoms with Crippen molar-refractivity contribution in [3.8, 4) is 22.9 Å². The first-order valence-corrected chi connectivity index (χ1v) is 11.8. The van der Waals surface area contributed by atoms with E-state index in [9.17, 15) is 4.79 Å². The van der Waals surface area contributed by atoms with Gasteiger partial charge in [0, 0.05) is 18.2 Å². The molecule has 1 saturated heterocycles. The van der Waals surface area contributed by atoms with Crippen molar-refractivity contribution in [2.75, 3.05) is 7.11 Å². The van der Waals surface area contributed by atoms with E-state index in [-0.39, 0.29) is 23.9 Å². The number of carbonyl (C=O) groups is 1. The van der Waals surface area contributed by atoms with Gasteiger partial charge < -0.3 is 15.0 Å². The quantitative estimate of drug-likeness (QED) is 0.508. The second-order valence-electron chi connectivity index (χ2n) is 8.99. The van der Waals surface area contributed by atoms with Gasteiger partial charge in [0.05, 0.1) is 24.8 Å². The summed E-state index contributed by atoms with van der Waals surface area (Å²) < 4.78 is 20.2. The van der Waals surface area contributed by atoms with Gasteiger partial charge in [0.25, 0.3) is 0 Å². The fourth-order valence-corrected chi connectivity index (χ4v) is 5.05. The lowest BCUT2D eigenvalue weighted by Crippen LogP contribution is -2.48. The maximum atomic E-state index is 15.0. The Hall–Kier alpha value is -4.11. The normalized spacial score (nSPS) is 18.5. The molecule has 0 spiro atoms. The Bertz CT molecular complexity index is 1310. The van der Waals surface area contributed by atoms with E-state index < -0.39 is 0 Å². The molecule has 5 rings (SSSR count). The number of halogens is 1. The van der Waals surface area contributed by atoms with Crippen molar-refractivity contribution in [1.29, 1.82) is 5.26 Å². The summed E-state index contributed by atoms with van der Waals surface area (Å²) in [5, 5.41) is 12.0. The van der Waals surface area contributed by atoms with Crippen molar-refractivity contribution in [1.82, 2.24) is 10.2 Å². The lowest BCUT2D eigenvalue weighted by atomic mass is 9.93. The number of urea groups is 1. The Balaban J connectivity index is 1.28. The molecule has 0 aromatic heterocycles. The number of hydrogen-bond acceptors (Lipinski definition) is 3. The number of fused-ring (bicyclic) bond motifs is 2. The van der Waals surface area contributed by atoms with Crippen molar-refractivity contribution in [2.45, 2.75) is 37.9 Å². The molecule has 2 bridgehead atoms. The number of ether oxygens (including phenoxy) is 1. The second-order valence-corrected chi connectivity index (χ2v) is 8.99. The van der Waals surface area contributed by atoms with E-state index in [2.05, 4.69) is 17.5 Å². The zero-order valence-electron chi connectivity index (χ0n) is 19.5. The molecule has 0 aliphatic carbocycles. The highest BCUT2D eigenvalue weighted by molar-refractivity contribution is 5.79. The molecule has 2 atom stereocenters. The van der Waals surface area contributed by atoms with Crippen LogP contribution >= 0.6 is 0 Å². The predicted octanol–water partition coefficient (Wildman–Crippen LogP) is 5.90. The molecule has 2 amide bonds. The van der Waals surface area contributed by atoms with Crippen LogP contribution < -0.4 is 10.1 Å². The molecule has 6 heteroatoms. The number of nitrogens with one attached hydrogen (secondary N) is 1. The molecule has 0 saturated carbocycles. The van der Waals surface area contributed by atoms with Gasteiger partial charge >= 0.3 is 6.03 Å². The van der Waals surface area contributed by atoms with Crippen LogP contribution in [0.25, 0.3) is 16.7 Å². The minimum Gasteiger partial charge on any atom is -0.497 e. The van der Waals surface area contributed by atoms with Crippen molar-refractivity contribution >= 4 is 11.6 Å². The Labute approximate surface area is 204 Å². The van der Waals surface area contributed by atoms with Crippen LogP contribution in [0.5, 0.6) is 5.75 Å². The largest absolute Gasteiger partial charge is 0.497 e.